The molecule has 8 heteroatoms. The molecule has 5 nitrogen and oxygen atoms in total. The molecule has 0 radical (unpaired) electrons. The van der Waals surface area contributed by atoms with Crippen molar-refractivity contribution in [1.82, 2.24) is 0 Å². The van der Waals surface area contributed by atoms with Crippen LogP contribution in [0.5, 0.6) is 11.5 Å². The number of fused-ring (bicyclic) bond motifs is 2. The average molecular weight is 470 g/mol. The molecule has 5 rings (SSSR count). The molecule has 0 saturated carbocycles. The first-order valence-corrected chi connectivity index (χ1v) is 10.8. The molecule has 0 spiro atoms. The Morgan fingerprint density at radius 3 is 2.61 bits per heavy atom. The fraction of sp³-hybridized carbons (Fsp3) is 0.0435. The molecular weight excluding hydrogens is 457 g/mol. The predicted octanol–water partition coefficient (Wildman–Crippen LogP) is 6.22. The van der Waals surface area contributed by atoms with Crippen LogP contribution in [0, 0.1) is 0 Å². The lowest BCUT2D eigenvalue weighted by Gasteiger charge is -2.13. The number of hydrogen-bond acceptors (Lipinski definition) is 5. The van der Waals surface area contributed by atoms with E-state index in [1.807, 2.05) is 18.2 Å². The summed E-state index contributed by atoms with van der Waals surface area (Å²) in [6.07, 6.45) is 0. The van der Waals surface area contributed by atoms with E-state index in [1.165, 1.54) is 17.4 Å². The first-order valence-electron chi connectivity index (χ1n) is 9.23. The van der Waals surface area contributed by atoms with E-state index in [-0.39, 0.29) is 22.8 Å². The van der Waals surface area contributed by atoms with Gasteiger partial charge in [-0.3, -0.25) is 9.59 Å². The first kappa shape index (κ1) is 19.9. The fourth-order valence-corrected chi connectivity index (χ4v) is 4.98. The number of amides is 1. The number of halogens is 2. The second-order valence-electron chi connectivity index (χ2n) is 6.78. The van der Waals surface area contributed by atoms with Gasteiger partial charge < -0.3 is 14.8 Å². The van der Waals surface area contributed by atoms with Crippen LogP contribution in [0.15, 0.2) is 65.5 Å². The highest BCUT2D eigenvalue weighted by Gasteiger charge is 2.21. The largest absolute Gasteiger partial charge is 0.454 e. The summed E-state index contributed by atoms with van der Waals surface area (Å²) < 4.78 is 11.6. The van der Waals surface area contributed by atoms with E-state index in [0.29, 0.717) is 38.0 Å². The third kappa shape index (κ3) is 3.63. The van der Waals surface area contributed by atoms with Gasteiger partial charge in [0.2, 0.25) is 6.79 Å². The molecule has 0 bridgehead atoms. The normalized spacial score (nSPS) is 12.2. The van der Waals surface area contributed by atoms with Crippen LogP contribution in [-0.2, 0) is 0 Å². The Morgan fingerprint density at radius 1 is 0.968 bits per heavy atom. The van der Waals surface area contributed by atoms with Crippen molar-refractivity contribution in [3.05, 3.63) is 86.5 Å². The quantitative estimate of drug-likeness (QED) is 0.386. The zero-order chi connectivity index (χ0) is 21.5. The first-order chi connectivity index (χ1) is 15.0. The van der Waals surface area contributed by atoms with E-state index < -0.39 is 5.91 Å². The Labute approximate surface area is 190 Å². The van der Waals surface area contributed by atoms with Crippen molar-refractivity contribution < 1.29 is 14.3 Å². The number of anilines is 1. The van der Waals surface area contributed by atoms with Crippen LogP contribution in [0.1, 0.15) is 10.4 Å². The molecule has 0 saturated heterocycles. The summed E-state index contributed by atoms with van der Waals surface area (Å²) in [7, 11) is 0. The fourth-order valence-electron chi connectivity index (χ4n) is 3.39. The molecule has 31 heavy (non-hydrogen) atoms. The van der Waals surface area contributed by atoms with Crippen LogP contribution in [0.3, 0.4) is 0 Å². The van der Waals surface area contributed by atoms with Gasteiger partial charge in [-0.25, -0.2) is 0 Å². The summed E-state index contributed by atoms with van der Waals surface area (Å²) >= 11 is 13.5. The number of carbonyl (C=O) groups is 1. The number of carbonyl (C=O) groups excluding carboxylic acids is 1. The lowest BCUT2D eigenvalue weighted by Crippen LogP contribution is -2.16. The number of nitrogens with one attached hydrogen (secondary N) is 1. The molecule has 4 aromatic rings. The summed E-state index contributed by atoms with van der Waals surface area (Å²) in [6, 6.07) is 17.2. The highest BCUT2D eigenvalue weighted by atomic mass is 35.5. The number of benzene rings is 3. The Bertz CT molecular complexity index is 1420. The second kappa shape index (κ2) is 7.89. The highest BCUT2D eigenvalue weighted by Crippen LogP contribution is 2.39. The van der Waals surface area contributed by atoms with Gasteiger partial charge in [-0.1, -0.05) is 41.4 Å². The summed E-state index contributed by atoms with van der Waals surface area (Å²) in [5, 5.41) is 4.51. The topological polar surface area (TPSA) is 64.6 Å². The maximum Gasteiger partial charge on any atom is 0.257 e. The Hall–Kier alpha value is -3.06. The van der Waals surface area contributed by atoms with Crippen molar-refractivity contribution in [1.29, 1.82) is 0 Å². The molecule has 1 aromatic heterocycles. The van der Waals surface area contributed by atoms with E-state index in [0.717, 1.165) is 4.70 Å². The van der Waals surface area contributed by atoms with E-state index in [9.17, 15) is 9.59 Å². The van der Waals surface area contributed by atoms with Crippen LogP contribution in [-0.4, -0.2) is 12.7 Å². The minimum Gasteiger partial charge on any atom is -0.454 e. The molecule has 0 fully saturated rings. The van der Waals surface area contributed by atoms with Crippen LogP contribution in [0.2, 0.25) is 10.0 Å². The molecule has 1 N–H and O–H groups in total. The van der Waals surface area contributed by atoms with Crippen LogP contribution < -0.4 is 20.2 Å². The zero-order valence-electron chi connectivity index (χ0n) is 15.8. The molecule has 1 amide bonds. The summed E-state index contributed by atoms with van der Waals surface area (Å²) in [5.74, 6) is 0.724. The smallest absolute Gasteiger partial charge is 0.257 e. The van der Waals surface area contributed by atoms with Gasteiger partial charge in [-0.05, 0) is 48.0 Å². The number of rotatable bonds is 3. The third-order valence-corrected chi connectivity index (χ3v) is 6.50. The monoisotopic (exact) mass is 469 g/mol. The van der Waals surface area contributed by atoms with Crippen molar-refractivity contribution in [2.45, 2.75) is 0 Å². The van der Waals surface area contributed by atoms with E-state index in [2.05, 4.69) is 5.32 Å². The van der Waals surface area contributed by atoms with Crippen LogP contribution >= 0.6 is 34.5 Å². The lowest BCUT2D eigenvalue weighted by molar-refractivity contribution is 0.102. The molecule has 3 aromatic carbocycles. The molecule has 2 heterocycles. The zero-order valence-corrected chi connectivity index (χ0v) is 18.1. The van der Waals surface area contributed by atoms with E-state index in [1.54, 1.807) is 36.4 Å². The van der Waals surface area contributed by atoms with Gasteiger partial charge in [0.1, 0.15) is 5.00 Å². The van der Waals surface area contributed by atoms with Crippen molar-refractivity contribution in [3.63, 3.8) is 0 Å². The maximum absolute atomic E-state index is 13.4. The number of hydrogen-bond donors (Lipinski definition) is 1. The Balaban J connectivity index is 1.67. The molecular formula is C23H13Cl2NO4S. The van der Waals surface area contributed by atoms with Crippen molar-refractivity contribution in [3.8, 4) is 22.6 Å². The van der Waals surface area contributed by atoms with Gasteiger partial charge in [0.05, 0.1) is 16.1 Å². The molecule has 1 aliphatic rings. The summed E-state index contributed by atoms with van der Waals surface area (Å²) in [5.41, 5.74) is 1.07. The SMILES string of the molecule is O=C(Nc1sc2ccccc2c(=O)c1-c1ccc2c(c1)OCO2)c1ccc(Cl)cc1Cl. The van der Waals surface area contributed by atoms with Gasteiger partial charge in [-0.15, -0.1) is 11.3 Å². The summed E-state index contributed by atoms with van der Waals surface area (Å²) in [6.45, 7) is 0.127. The van der Waals surface area contributed by atoms with E-state index in [4.69, 9.17) is 32.7 Å². The van der Waals surface area contributed by atoms with Crippen molar-refractivity contribution in [2.75, 3.05) is 12.1 Å². The minimum atomic E-state index is -0.436. The van der Waals surface area contributed by atoms with Crippen molar-refractivity contribution >= 4 is 55.5 Å². The molecule has 0 unspecified atom stereocenters. The summed E-state index contributed by atoms with van der Waals surface area (Å²) in [4.78, 5) is 26.4. The standard InChI is InChI=1S/C23H13Cl2NO4S/c24-13-6-7-14(16(25)10-13)22(28)26-23-20(12-5-8-17-18(9-12)30-11-29-17)21(27)15-3-1-2-4-19(15)31-23/h1-10H,11H2,(H,26,28). The predicted molar refractivity (Wildman–Crippen MR) is 124 cm³/mol. The van der Waals surface area contributed by atoms with Crippen LogP contribution in [0.25, 0.3) is 21.2 Å². The second-order valence-corrected chi connectivity index (χ2v) is 8.67. The van der Waals surface area contributed by atoms with Gasteiger partial charge in [0.25, 0.3) is 5.91 Å². The third-order valence-electron chi connectivity index (χ3n) is 4.86. The molecule has 0 aliphatic carbocycles. The molecule has 1 aliphatic heterocycles. The Kier molecular flexibility index (Phi) is 5.06. The highest BCUT2D eigenvalue weighted by molar-refractivity contribution is 7.22. The van der Waals surface area contributed by atoms with E-state index >= 15 is 0 Å². The molecule has 154 valence electrons. The van der Waals surface area contributed by atoms with Gasteiger partial charge in [0.15, 0.2) is 16.9 Å². The lowest BCUT2D eigenvalue weighted by atomic mass is 10.0. The van der Waals surface area contributed by atoms with Gasteiger partial charge in [0, 0.05) is 15.1 Å². The number of ether oxygens (including phenoxy) is 2. The maximum atomic E-state index is 13.4. The van der Waals surface area contributed by atoms with Crippen LogP contribution in [0.4, 0.5) is 5.00 Å². The minimum absolute atomic E-state index is 0.127. The Morgan fingerprint density at radius 2 is 1.77 bits per heavy atom. The van der Waals surface area contributed by atoms with Crippen molar-refractivity contribution in [2.24, 2.45) is 0 Å². The van der Waals surface area contributed by atoms with Gasteiger partial charge >= 0.3 is 0 Å². The molecule has 0 atom stereocenters. The average Bonchev–Trinajstić information content (AvgIpc) is 3.22. The van der Waals surface area contributed by atoms with Gasteiger partial charge in [-0.2, -0.15) is 0 Å².